The molecule has 8 aromatic carbocycles. The second-order valence-electron chi connectivity index (χ2n) is 12.8. The first-order chi connectivity index (χ1) is 24.3. The predicted octanol–water partition coefficient (Wildman–Crippen LogP) is 12.8. The highest BCUT2D eigenvalue weighted by atomic mass is 32.2. The Morgan fingerprint density at radius 3 is 1.57 bits per heavy atom. The van der Waals surface area contributed by atoms with Crippen LogP contribution < -0.4 is 4.90 Å². The zero-order chi connectivity index (χ0) is 32.4. The van der Waals surface area contributed by atoms with Crippen molar-refractivity contribution in [1.82, 2.24) is 0 Å². The van der Waals surface area contributed by atoms with Gasteiger partial charge in [0.15, 0.2) is 0 Å². The minimum atomic E-state index is -0.416. The minimum Gasteiger partial charge on any atom is -0.311 e. The van der Waals surface area contributed by atoms with E-state index in [9.17, 15) is 0 Å². The maximum atomic E-state index is 2.48. The molecule has 0 atom stereocenters. The Bertz CT molecular complexity index is 2430. The quantitative estimate of drug-likeness (QED) is 0.188. The highest BCUT2D eigenvalue weighted by Gasteiger charge is 2.50. The van der Waals surface area contributed by atoms with Crippen molar-refractivity contribution in [2.45, 2.75) is 15.2 Å². The molecule has 0 unspecified atom stereocenters. The maximum absolute atomic E-state index is 2.48. The second kappa shape index (κ2) is 11.1. The molecule has 1 spiro atoms. The van der Waals surface area contributed by atoms with Crippen LogP contribution in [0.4, 0.5) is 17.1 Å². The minimum absolute atomic E-state index is 0.416. The molecule has 1 nitrogen and oxygen atoms in total. The van der Waals surface area contributed by atoms with E-state index < -0.39 is 5.41 Å². The van der Waals surface area contributed by atoms with Gasteiger partial charge in [0.05, 0.1) is 5.41 Å². The van der Waals surface area contributed by atoms with Crippen molar-refractivity contribution < 1.29 is 0 Å². The van der Waals surface area contributed by atoms with Crippen molar-refractivity contribution in [2.75, 3.05) is 4.90 Å². The van der Waals surface area contributed by atoms with Crippen molar-refractivity contribution in [3.63, 3.8) is 0 Å². The fourth-order valence-corrected chi connectivity index (χ4v) is 9.66. The fourth-order valence-electron chi connectivity index (χ4n) is 8.31. The Morgan fingerprint density at radius 2 is 0.918 bits per heavy atom. The lowest BCUT2D eigenvalue weighted by atomic mass is 9.66. The summed E-state index contributed by atoms with van der Waals surface area (Å²) >= 11 is 1.92. The zero-order valence-corrected chi connectivity index (χ0v) is 27.6. The topological polar surface area (TPSA) is 3.24 Å². The smallest absolute Gasteiger partial charge is 0.0735 e. The van der Waals surface area contributed by atoms with Gasteiger partial charge in [0.25, 0.3) is 0 Å². The van der Waals surface area contributed by atoms with Gasteiger partial charge in [0.1, 0.15) is 0 Å². The van der Waals surface area contributed by atoms with Crippen LogP contribution in [0.25, 0.3) is 33.0 Å². The van der Waals surface area contributed by atoms with Gasteiger partial charge in [-0.05, 0) is 98.2 Å². The average molecular weight is 642 g/mol. The van der Waals surface area contributed by atoms with E-state index >= 15 is 0 Å². The standard InChI is InChI=1S/C47H31NS/c1-3-16-34(17-4-1)48(35-18-5-2-6-19-35)36-29-27-32(28-30-36)45-37-20-8-7-15-33(37)31-43-46(45)49-44-26-14-13-25-42(44)47(43)40-23-11-9-21-38(40)39-22-10-12-24-41(39)47/h1-31H. The SMILES string of the molecule is c1ccc(N(c2ccccc2)c2ccc(-c3c4c(cc5ccccc35)C3(c5ccccc5S4)c4ccccc4-c4ccccc43)cc2)cc1. The third-order valence-corrected chi connectivity index (χ3v) is 11.5. The third kappa shape index (κ3) is 4.14. The van der Waals surface area contributed by atoms with Crippen LogP contribution in [0.5, 0.6) is 0 Å². The van der Waals surface area contributed by atoms with Gasteiger partial charge < -0.3 is 4.90 Å². The third-order valence-electron chi connectivity index (χ3n) is 10.3. The van der Waals surface area contributed by atoms with Gasteiger partial charge in [-0.3, -0.25) is 0 Å². The van der Waals surface area contributed by atoms with Crippen molar-refractivity contribution >= 4 is 39.6 Å². The number of fused-ring (bicyclic) bond motifs is 10. The van der Waals surface area contributed by atoms with Crippen LogP contribution in [0.3, 0.4) is 0 Å². The Balaban J connectivity index is 1.24. The van der Waals surface area contributed by atoms with Gasteiger partial charge in [-0.15, -0.1) is 0 Å². The van der Waals surface area contributed by atoms with E-state index in [0.29, 0.717) is 0 Å². The summed E-state index contributed by atoms with van der Waals surface area (Å²) in [6, 6.07) is 69.0. The molecule has 0 fully saturated rings. The maximum Gasteiger partial charge on any atom is 0.0735 e. The monoisotopic (exact) mass is 641 g/mol. The molecule has 0 saturated heterocycles. The molecule has 0 N–H and O–H groups in total. The lowest BCUT2D eigenvalue weighted by Crippen LogP contribution is -2.32. The summed E-state index contributed by atoms with van der Waals surface area (Å²) in [4.78, 5) is 4.97. The molecule has 49 heavy (non-hydrogen) atoms. The number of hydrogen-bond acceptors (Lipinski definition) is 2. The molecule has 0 radical (unpaired) electrons. The van der Waals surface area contributed by atoms with Gasteiger partial charge in [-0.2, -0.15) is 0 Å². The number of rotatable bonds is 4. The molecule has 10 rings (SSSR count). The van der Waals surface area contributed by atoms with E-state index in [0.717, 1.165) is 17.1 Å². The molecule has 0 saturated carbocycles. The summed E-state index contributed by atoms with van der Waals surface area (Å²) in [6.45, 7) is 0. The van der Waals surface area contributed by atoms with E-state index in [1.54, 1.807) is 0 Å². The molecule has 0 amide bonds. The van der Waals surface area contributed by atoms with Crippen molar-refractivity contribution in [3.8, 4) is 22.3 Å². The second-order valence-corrected chi connectivity index (χ2v) is 13.9. The molecule has 1 aliphatic heterocycles. The summed E-state index contributed by atoms with van der Waals surface area (Å²) in [5.41, 5.74) is 13.6. The Morgan fingerprint density at radius 1 is 0.408 bits per heavy atom. The molecule has 230 valence electrons. The number of benzene rings is 8. The van der Waals surface area contributed by atoms with Crippen LogP contribution in [-0.2, 0) is 5.41 Å². The van der Waals surface area contributed by atoms with Crippen molar-refractivity contribution in [2.24, 2.45) is 0 Å². The highest BCUT2D eigenvalue weighted by Crippen LogP contribution is 2.64. The molecular weight excluding hydrogens is 611 g/mol. The Kier molecular flexibility index (Phi) is 6.40. The predicted molar refractivity (Wildman–Crippen MR) is 205 cm³/mol. The van der Waals surface area contributed by atoms with Gasteiger partial charge in [0.2, 0.25) is 0 Å². The van der Waals surface area contributed by atoms with E-state index in [2.05, 4.69) is 193 Å². The first-order valence-corrected chi connectivity index (χ1v) is 17.7. The van der Waals surface area contributed by atoms with Gasteiger partial charge in [-0.25, -0.2) is 0 Å². The molecular formula is C47H31NS. The first kappa shape index (κ1) is 28.2. The number of anilines is 3. The fraction of sp³-hybridized carbons (Fsp3) is 0.0213. The lowest BCUT2D eigenvalue weighted by Gasteiger charge is -2.40. The Hall–Kier alpha value is -5.83. The number of para-hydroxylation sites is 2. The lowest BCUT2D eigenvalue weighted by molar-refractivity contribution is 0.725. The summed E-state index contributed by atoms with van der Waals surface area (Å²) < 4.78 is 0. The molecule has 8 aromatic rings. The highest BCUT2D eigenvalue weighted by molar-refractivity contribution is 7.99. The zero-order valence-electron chi connectivity index (χ0n) is 26.8. The van der Waals surface area contributed by atoms with Gasteiger partial charge in [-0.1, -0.05) is 151 Å². The first-order valence-electron chi connectivity index (χ1n) is 16.9. The van der Waals surface area contributed by atoms with E-state index in [4.69, 9.17) is 0 Å². The molecule has 2 heteroatoms. The summed E-state index contributed by atoms with van der Waals surface area (Å²) in [7, 11) is 0. The van der Waals surface area contributed by atoms with Gasteiger partial charge in [0, 0.05) is 32.4 Å². The van der Waals surface area contributed by atoms with Crippen LogP contribution in [0.2, 0.25) is 0 Å². The molecule has 0 aromatic heterocycles. The molecule has 2 aliphatic rings. The largest absolute Gasteiger partial charge is 0.311 e. The van der Waals surface area contributed by atoms with E-state index in [-0.39, 0.29) is 0 Å². The summed E-state index contributed by atoms with van der Waals surface area (Å²) in [6.07, 6.45) is 0. The average Bonchev–Trinajstić information content (AvgIpc) is 3.46. The van der Waals surface area contributed by atoms with Crippen molar-refractivity contribution in [1.29, 1.82) is 0 Å². The molecule has 0 bridgehead atoms. The number of hydrogen-bond donors (Lipinski definition) is 0. The van der Waals surface area contributed by atoms with Crippen LogP contribution in [0.1, 0.15) is 22.3 Å². The van der Waals surface area contributed by atoms with Crippen LogP contribution in [0.15, 0.2) is 198 Å². The Labute approximate surface area is 291 Å². The van der Waals surface area contributed by atoms with Crippen molar-refractivity contribution in [3.05, 3.63) is 210 Å². The summed E-state index contributed by atoms with van der Waals surface area (Å²) in [5, 5.41) is 2.54. The molecule has 1 heterocycles. The normalized spacial score (nSPS) is 13.4. The molecule has 1 aliphatic carbocycles. The van der Waals surface area contributed by atoms with E-state index in [1.165, 1.54) is 65.1 Å². The number of nitrogens with zero attached hydrogens (tertiary/aromatic N) is 1. The van der Waals surface area contributed by atoms with Crippen LogP contribution in [0, 0.1) is 0 Å². The van der Waals surface area contributed by atoms with Crippen LogP contribution >= 0.6 is 11.8 Å². The van der Waals surface area contributed by atoms with Gasteiger partial charge >= 0.3 is 0 Å². The van der Waals surface area contributed by atoms with E-state index in [1.807, 2.05) is 11.8 Å². The van der Waals surface area contributed by atoms with Crippen LogP contribution in [-0.4, -0.2) is 0 Å². The summed E-state index contributed by atoms with van der Waals surface area (Å²) in [5.74, 6) is 0.